The normalized spacial score (nSPS) is 10.7. The molecule has 0 saturated carbocycles. The summed E-state index contributed by atoms with van der Waals surface area (Å²) in [5, 5.41) is 7.41. The van der Waals surface area contributed by atoms with E-state index in [2.05, 4.69) is 15.4 Å². The molecule has 0 aliphatic rings. The Morgan fingerprint density at radius 3 is 2.70 bits per heavy atom. The molecule has 30 heavy (non-hydrogen) atoms. The Morgan fingerprint density at radius 2 is 1.97 bits per heavy atom. The molecule has 2 heterocycles. The number of carbonyl (C=O) groups is 1. The van der Waals surface area contributed by atoms with Gasteiger partial charge in [0.1, 0.15) is 18.0 Å². The number of amides is 1. The number of rotatable bonds is 6. The van der Waals surface area contributed by atoms with Crippen LogP contribution in [0.3, 0.4) is 0 Å². The first-order valence-corrected chi connectivity index (χ1v) is 9.23. The third-order valence-electron chi connectivity index (χ3n) is 4.15. The van der Waals surface area contributed by atoms with Crippen LogP contribution in [0.15, 0.2) is 65.7 Å². The summed E-state index contributed by atoms with van der Waals surface area (Å²) < 4.78 is 13.1. The van der Waals surface area contributed by atoms with E-state index in [9.17, 15) is 9.59 Å². The number of fused-ring (bicyclic) bond motifs is 1. The minimum absolute atomic E-state index is 0.117. The third kappa shape index (κ3) is 4.11. The maximum absolute atomic E-state index is 12.6. The molecule has 2 aromatic heterocycles. The van der Waals surface area contributed by atoms with Crippen LogP contribution in [0.1, 0.15) is 0 Å². The maximum Gasteiger partial charge on any atom is 0.351 e. The van der Waals surface area contributed by atoms with E-state index in [4.69, 9.17) is 21.1 Å². The van der Waals surface area contributed by atoms with Crippen molar-refractivity contribution in [2.75, 3.05) is 12.4 Å². The van der Waals surface area contributed by atoms with Gasteiger partial charge in [-0.2, -0.15) is 0 Å². The fourth-order valence-corrected chi connectivity index (χ4v) is 2.93. The lowest BCUT2D eigenvalue weighted by atomic mass is 10.3. The molecular weight excluding hydrogens is 410 g/mol. The number of nitrogens with zero attached hydrogens (tertiary/aromatic N) is 4. The van der Waals surface area contributed by atoms with Gasteiger partial charge in [0.2, 0.25) is 11.6 Å². The van der Waals surface area contributed by atoms with Gasteiger partial charge in [-0.25, -0.2) is 18.9 Å². The smallest absolute Gasteiger partial charge is 0.351 e. The summed E-state index contributed by atoms with van der Waals surface area (Å²) in [7, 11) is 1.56. The van der Waals surface area contributed by atoms with E-state index < -0.39 is 11.6 Å². The Balaban J connectivity index is 1.56. The monoisotopic (exact) mass is 425 g/mol. The van der Waals surface area contributed by atoms with Gasteiger partial charge in [0.25, 0.3) is 5.88 Å². The van der Waals surface area contributed by atoms with Gasteiger partial charge in [-0.1, -0.05) is 17.7 Å². The molecule has 1 N–H and O–H groups in total. The van der Waals surface area contributed by atoms with Crippen molar-refractivity contribution >= 4 is 28.8 Å². The van der Waals surface area contributed by atoms with Gasteiger partial charge >= 0.3 is 5.69 Å². The van der Waals surface area contributed by atoms with Crippen LogP contribution in [0.5, 0.6) is 17.4 Å². The molecule has 0 bridgehead atoms. The number of carbonyl (C=O) groups excluding carboxylic acids is 1. The fourth-order valence-electron chi connectivity index (χ4n) is 2.75. The molecule has 4 aromatic rings. The minimum Gasteiger partial charge on any atom is -0.497 e. The largest absolute Gasteiger partial charge is 0.497 e. The first kappa shape index (κ1) is 19.5. The Kier molecular flexibility index (Phi) is 5.36. The molecule has 0 spiro atoms. The predicted molar refractivity (Wildman–Crippen MR) is 110 cm³/mol. The summed E-state index contributed by atoms with van der Waals surface area (Å²) in [6.07, 6.45) is 2.87. The number of halogens is 1. The van der Waals surface area contributed by atoms with Crippen LogP contribution in [0.4, 0.5) is 5.69 Å². The van der Waals surface area contributed by atoms with Crippen molar-refractivity contribution in [3.8, 4) is 17.4 Å². The zero-order valence-electron chi connectivity index (χ0n) is 15.8. The maximum atomic E-state index is 12.6. The van der Waals surface area contributed by atoms with Crippen LogP contribution in [-0.4, -0.2) is 32.2 Å². The summed E-state index contributed by atoms with van der Waals surface area (Å²) in [6.45, 7) is -0.275. The minimum atomic E-state index is -0.492. The van der Waals surface area contributed by atoms with Gasteiger partial charge in [-0.15, -0.1) is 5.10 Å². The van der Waals surface area contributed by atoms with Crippen molar-refractivity contribution in [2.45, 2.75) is 6.54 Å². The van der Waals surface area contributed by atoms with E-state index in [1.165, 1.54) is 16.8 Å². The van der Waals surface area contributed by atoms with Crippen LogP contribution in [0, 0.1) is 0 Å². The van der Waals surface area contributed by atoms with Crippen LogP contribution >= 0.6 is 11.6 Å². The van der Waals surface area contributed by atoms with Gasteiger partial charge < -0.3 is 14.8 Å². The van der Waals surface area contributed by atoms with E-state index in [0.717, 1.165) is 4.68 Å². The van der Waals surface area contributed by atoms with Gasteiger partial charge in [0, 0.05) is 23.1 Å². The number of anilines is 1. The van der Waals surface area contributed by atoms with Gasteiger partial charge in [-0.05, 0) is 42.5 Å². The quantitative estimate of drug-likeness (QED) is 0.509. The summed E-state index contributed by atoms with van der Waals surface area (Å²) >= 11 is 5.97. The summed E-state index contributed by atoms with van der Waals surface area (Å²) in [4.78, 5) is 29.1. The van der Waals surface area contributed by atoms with Gasteiger partial charge in [-0.3, -0.25) is 4.79 Å². The number of nitrogens with one attached hydrogen (secondary N) is 1. The Hall–Kier alpha value is -3.85. The number of hydrogen-bond donors (Lipinski definition) is 1. The first-order valence-electron chi connectivity index (χ1n) is 8.85. The van der Waals surface area contributed by atoms with Crippen molar-refractivity contribution in [2.24, 2.45) is 0 Å². The second-order valence-corrected chi connectivity index (χ2v) is 6.64. The summed E-state index contributed by atoms with van der Waals surface area (Å²) in [5.41, 5.74) is 0.261. The molecule has 0 saturated heterocycles. The fraction of sp³-hybridized carbons (Fsp3) is 0.100. The molecule has 0 fully saturated rings. The topological polar surface area (TPSA) is 99.8 Å². The van der Waals surface area contributed by atoms with Crippen LogP contribution in [-0.2, 0) is 11.3 Å². The van der Waals surface area contributed by atoms with Crippen molar-refractivity contribution < 1.29 is 14.3 Å². The molecule has 0 unspecified atom stereocenters. The molecule has 152 valence electrons. The highest BCUT2D eigenvalue weighted by molar-refractivity contribution is 6.30. The molecule has 0 aliphatic heterocycles. The highest BCUT2D eigenvalue weighted by Gasteiger charge is 2.16. The van der Waals surface area contributed by atoms with E-state index in [-0.39, 0.29) is 18.1 Å². The number of hydrogen-bond acceptors (Lipinski definition) is 6. The first-order chi connectivity index (χ1) is 14.5. The van der Waals surface area contributed by atoms with E-state index in [0.29, 0.717) is 22.2 Å². The number of methoxy groups -OCH3 is 1. The summed E-state index contributed by atoms with van der Waals surface area (Å²) in [5.74, 6) is 0.828. The SMILES string of the molecule is COc1ccc(NC(=O)Cn2nc3c(Oc4cccc(Cl)c4)nccn3c2=O)cc1. The van der Waals surface area contributed by atoms with Crippen LogP contribution in [0.2, 0.25) is 5.02 Å². The Bertz CT molecular complexity index is 1270. The molecule has 10 heteroatoms. The predicted octanol–water partition coefficient (Wildman–Crippen LogP) is 2.98. The lowest BCUT2D eigenvalue weighted by molar-refractivity contribution is -0.117. The average molecular weight is 426 g/mol. The number of ether oxygens (including phenoxy) is 2. The molecule has 2 aromatic carbocycles. The van der Waals surface area contributed by atoms with E-state index in [1.54, 1.807) is 55.6 Å². The molecule has 1 amide bonds. The average Bonchev–Trinajstić information content (AvgIpc) is 3.05. The lowest BCUT2D eigenvalue weighted by Crippen LogP contribution is -2.28. The number of benzene rings is 2. The molecular formula is C20H16ClN5O4. The van der Waals surface area contributed by atoms with Gasteiger partial charge in [0.05, 0.1) is 7.11 Å². The second kappa shape index (κ2) is 8.26. The Morgan fingerprint density at radius 1 is 1.17 bits per heavy atom. The number of aromatic nitrogens is 4. The van der Waals surface area contributed by atoms with Crippen LogP contribution < -0.4 is 20.5 Å². The van der Waals surface area contributed by atoms with E-state index in [1.807, 2.05) is 0 Å². The molecule has 0 radical (unpaired) electrons. The van der Waals surface area contributed by atoms with Crippen molar-refractivity contribution in [3.05, 3.63) is 76.4 Å². The van der Waals surface area contributed by atoms with E-state index >= 15 is 0 Å². The highest BCUT2D eigenvalue weighted by atomic mass is 35.5. The second-order valence-electron chi connectivity index (χ2n) is 6.20. The zero-order chi connectivity index (χ0) is 21.1. The molecule has 9 nitrogen and oxygen atoms in total. The zero-order valence-corrected chi connectivity index (χ0v) is 16.5. The molecule has 4 rings (SSSR count). The van der Waals surface area contributed by atoms with Crippen LogP contribution in [0.25, 0.3) is 5.65 Å². The Labute approximate surface area is 175 Å². The van der Waals surface area contributed by atoms with Crippen molar-refractivity contribution in [3.63, 3.8) is 0 Å². The van der Waals surface area contributed by atoms with Crippen molar-refractivity contribution in [1.82, 2.24) is 19.2 Å². The lowest BCUT2D eigenvalue weighted by Gasteiger charge is -2.06. The molecule has 0 atom stereocenters. The molecule has 0 aliphatic carbocycles. The van der Waals surface area contributed by atoms with Crippen molar-refractivity contribution in [1.29, 1.82) is 0 Å². The van der Waals surface area contributed by atoms with Gasteiger partial charge in [0.15, 0.2) is 0 Å². The summed E-state index contributed by atoms with van der Waals surface area (Å²) in [6, 6.07) is 13.6. The highest BCUT2D eigenvalue weighted by Crippen LogP contribution is 2.24. The standard InChI is InChI=1S/C20H16ClN5O4/c1-29-15-7-5-14(6-8-15)23-17(27)12-26-20(28)25-10-9-22-19(18(25)24-26)30-16-4-2-3-13(21)11-16/h2-11H,12H2,1H3,(H,23,27). The third-order valence-corrected chi connectivity index (χ3v) is 4.38.